The summed E-state index contributed by atoms with van der Waals surface area (Å²) in [7, 11) is 0. The summed E-state index contributed by atoms with van der Waals surface area (Å²) in [4.78, 5) is 20.5. The van der Waals surface area contributed by atoms with Crippen molar-refractivity contribution in [1.82, 2.24) is 9.97 Å². The van der Waals surface area contributed by atoms with Crippen molar-refractivity contribution < 1.29 is 18.0 Å². The first-order chi connectivity index (χ1) is 18.3. The van der Waals surface area contributed by atoms with E-state index in [0.717, 1.165) is 44.8 Å². The average Bonchev–Trinajstić information content (AvgIpc) is 2.92. The first kappa shape index (κ1) is 24.9. The lowest BCUT2D eigenvalue weighted by atomic mass is 9.94. The number of hydrogen-bond acceptors (Lipinski definition) is 3. The van der Waals surface area contributed by atoms with E-state index in [2.05, 4.69) is 21.9 Å². The van der Waals surface area contributed by atoms with Gasteiger partial charge in [-0.3, -0.25) is 4.79 Å². The Balaban J connectivity index is 1.48. The minimum atomic E-state index is -4.37. The van der Waals surface area contributed by atoms with E-state index >= 15 is 0 Å². The van der Waals surface area contributed by atoms with Crippen LogP contribution < -0.4 is 5.32 Å². The van der Waals surface area contributed by atoms with Crippen LogP contribution in [-0.2, 0) is 17.4 Å². The molecule has 0 fully saturated rings. The standard InChI is InChI=1S/C31H22F3N3O/c1-2-29(38)37-27-8-4-6-23(16-27)28-17-24(15-25-18-35-19-36-30(25)28)22-11-9-20(10-12-22)13-21-5-3-7-26(14-21)31(32,33)34/h2-12,14-19H,1,13H2,(H,37,38). The smallest absolute Gasteiger partial charge is 0.323 e. The average molecular weight is 510 g/mol. The number of anilines is 1. The monoisotopic (exact) mass is 509 g/mol. The molecule has 0 bridgehead atoms. The molecular formula is C31H22F3N3O. The molecule has 1 heterocycles. The fourth-order valence-corrected chi connectivity index (χ4v) is 4.36. The normalized spacial score (nSPS) is 11.3. The lowest BCUT2D eigenvalue weighted by molar-refractivity contribution is -0.137. The highest BCUT2D eigenvalue weighted by Crippen LogP contribution is 2.34. The van der Waals surface area contributed by atoms with Gasteiger partial charge in [0.25, 0.3) is 0 Å². The third kappa shape index (κ3) is 5.47. The Hall–Kier alpha value is -4.78. The molecule has 4 aromatic carbocycles. The number of halogens is 3. The molecular weight excluding hydrogens is 487 g/mol. The van der Waals surface area contributed by atoms with Crippen molar-refractivity contribution in [3.8, 4) is 22.3 Å². The predicted molar refractivity (Wildman–Crippen MR) is 143 cm³/mol. The first-order valence-corrected chi connectivity index (χ1v) is 11.8. The molecule has 5 rings (SSSR count). The van der Waals surface area contributed by atoms with Gasteiger partial charge in [-0.15, -0.1) is 0 Å². The van der Waals surface area contributed by atoms with Crippen molar-refractivity contribution in [2.24, 2.45) is 0 Å². The molecule has 0 spiro atoms. The minimum absolute atomic E-state index is 0.298. The van der Waals surface area contributed by atoms with Crippen LogP contribution in [0.15, 0.2) is 110 Å². The lowest BCUT2D eigenvalue weighted by Gasteiger charge is -2.12. The van der Waals surface area contributed by atoms with E-state index in [4.69, 9.17) is 0 Å². The number of benzene rings is 4. The first-order valence-electron chi connectivity index (χ1n) is 11.8. The molecule has 0 saturated heterocycles. The zero-order valence-corrected chi connectivity index (χ0v) is 20.2. The van der Waals surface area contributed by atoms with Crippen LogP contribution >= 0.6 is 0 Å². The van der Waals surface area contributed by atoms with Crippen molar-refractivity contribution in [2.45, 2.75) is 12.6 Å². The van der Waals surface area contributed by atoms with Gasteiger partial charge in [0.2, 0.25) is 5.91 Å². The zero-order chi connectivity index (χ0) is 26.7. The van der Waals surface area contributed by atoms with Crippen LogP contribution in [0.5, 0.6) is 0 Å². The Morgan fingerprint density at radius 3 is 2.42 bits per heavy atom. The van der Waals surface area contributed by atoms with Crippen LogP contribution in [0, 0.1) is 0 Å². The second-order valence-electron chi connectivity index (χ2n) is 8.83. The lowest BCUT2D eigenvalue weighted by Crippen LogP contribution is -2.07. The van der Waals surface area contributed by atoms with Crippen molar-refractivity contribution in [1.29, 1.82) is 0 Å². The van der Waals surface area contributed by atoms with Crippen LogP contribution in [0.4, 0.5) is 18.9 Å². The minimum Gasteiger partial charge on any atom is -0.323 e. The third-order valence-corrected chi connectivity index (χ3v) is 6.18. The quantitative estimate of drug-likeness (QED) is 0.239. The van der Waals surface area contributed by atoms with Crippen molar-refractivity contribution in [3.63, 3.8) is 0 Å². The van der Waals surface area contributed by atoms with E-state index in [1.807, 2.05) is 54.6 Å². The number of hydrogen-bond donors (Lipinski definition) is 1. The maximum absolute atomic E-state index is 13.1. The van der Waals surface area contributed by atoms with Crippen molar-refractivity contribution in [2.75, 3.05) is 5.32 Å². The number of nitrogens with one attached hydrogen (secondary N) is 1. The Morgan fingerprint density at radius 2 is 1.66 bits per heavy atom. The van der Waals surface area contributed by atoms with E-state index in [0.29, 0.717) is 17.7 Å². The number of carbonyl (C=O) groups excluding carboxylic acids is 1. The van der Waals surface area contributed by atoms with Crippen molar-refractivity contribution in [3.05, 3.63) is 127 Å². The summed E-state index contributed by atoms with van der Waals surface area (Å²) in [5.74, 6) is -0.298. The number of aromatic nitrogens is 2. The Labute approximate surface area is 217 Å². The maximum atomic E-state index is 13.1. The van der Waals surface area contributed by atoms with E-state index in [9.17, 15) is 18.0 Å². The number of amides is 1. The van der Waals surface area contributed by atoms with Crippen LogP contribution in [0.1, 0.15) is 16.7 Å². The van der Waals surface area contributed by atoms with Gasteiger partial charge in [0.15, 0.2) is 0 Å². The summed E-state index contributed by atoms with van der Waals surface area (Å²) < 4.78 is 39.2. The summed E-state index contributed by atoms with van der Waals surface area (Å²) in [6, 6.07) is 24.7. The summed E-state index contributed by atoms with van der Waals surface area (Å²) in [5.41, 5.74) is 5.90. The van der Waals surface area contributed by atoms with Gasteiger partial charge in [-0.2, -0.15) is 13.2 Å². The van der Waals surface area contributed by atoms with Gasteiger partial charge in [-0.05, 0) is 70.6 Å². The molecule has 1 amide bonds. The fraction of sp³-hybridized carbons (Fsp3) is 0.0645. The summed E-state index contributed by atoms with van der Waals surface area (Å²) in [6.45, 7) is 3.49. The number of carbonyl (C=O) groups is 1. The van der Waals surface area contributed by atoms with E-state index in [1.54, 1.807) is 18.3 Å². The van der Waals surface area contributed by atoms with Gasteiger partial charge in [-0.25, -0.2) is 9.97 Å². The second kappa shape index (κ2) is 10.3. The highest BCUT2D eigenvalue weighted by atomic mass is 19.4. The van der Waals surface area contributed by atoms with Gasteiger partial charge >= 0.3 is 6.18 Å². The highest BCUT2D eigenvalue weighted by Gasteiger charge is 2.30. The molecule has 1 aromatic heterocycles. The maximum Gasteiger partial charge on any atom is 0.416 e. The topological polar surface area (TPSA) is 54.9 Å². The highest BCUT2D eigenvalue weighted by molar-refractivity contribution is 6.01. The number of nitrogens with zero attached hydrogens (tertiary/aromatic N) is 2. The predicted octanol–water partition coefficient (Wildman–Crippen LogP) is 7.70. The number of fused-ring (bicyclic) bond motifs is 1. The number of rotatable bonds is 6. The number of alkyl halides is 3. The molecule has 0 aliphatic carbocycles. The third-order valence-electron chi connectivity index (χ3n) is 6.18. The molecule has 38 heavy (non-hydrogen) atoms. The molecule has 188 valence electrons. The Kier molecular flexibility index (Phi) is 6.75. The largest absolute Gasteiger partial charge is 0.416 e. The SMILES string of the molecule is C=CC(=O)Nc1cccc(-c2cc(-c3ccc(Cc4cccc(C(F)(F)F)c4)cc3)cc3cncnc23)c1. The molecule has 0 aliphatic rings. The molecule has 7 heteroatoms. The zero-order valence-electron chi connectivity index (χ0n) is 20.2. The Morgan fingerprint density at radius 1 is 0.868 bits per heavy atom. The Bertz CT molecular complexity index is 1640. The van der Waals surface area contributed by atoms with Gasteiger partial charge in [0, 0.05) is 22.8 Å². The molecule has 0 aliphatic heterocycles. The molecule has 0 radical (unpaired) electrons. The molecule has 4 nitrogen and oxygen atoms in total. The summed E-state index contributed by atoms with van der Waals surface area (Å²) in [6.07, 6.45) is 0.489. The van der Waals surface area contributed by atoms with Gasteiger partial charge in [-0.1, -0.05) is 61.2 Å². The fourth-order valence-electron chi connectivity index (χ4n) is 4.36. The molecule has 0 atom stereocenters. The molecule has 1 N–H and O–H groups in total. The van der Waals surface area contributed by atoms with Gasteiger partial charge in [0.1, 0.15) is 6.33 Å². The second-order valence-corrected chi connectivity index (χ2v) is 8.83. The molecule has 0 unspecified atom stereocenters. The van der Waals surface area contributed by atoms with E-state index < -0.39 is 11.7 Å². The van der Waals surface area contributed by atoms with Crippen molar-refractivity contribution >= 4 is 22.5 Å². The molecule has 0 saturated carbocycles. The summed E-state index contributed by atoms with van der Waals surface area (Å²) >= 11 is 0. The van der Waals surface area contributed by atoms with Gasteiger partial charge < -0.3 is 5.32 Å². The summed E-state index contributed by atoms with van der Waals surface area (Å²) in [5, 5.41) is 3.64. The molecule has 5 aromatic rings. The van der Waals surface area contributed by atoms with Crippen LogP contribution in [0.3, 0.4) is 0 Å². The van der Waals surface area contributed by atoms with Crippen LogP contribution in [0.2, 0.25) is 0 Å². The van der Waals surface area contributed by atoms with Crippen LogP contribution in [-0.4, -0.2) is 15.9 Å². The van der Waals surface area contributed by atoms with Crippen LogP contribution in [0.25, 0.3) is 33.2 Å². The van der Waals surface area contributed by atoms with Gasteiger partial charge in [0.05, 0.1) is 11.1 Å². The van der Waals surface area contributed by atoms with E-state index in [1.165, 1.54) is 24.5 Å². The van der Waals surface area contributed by atoms with E-state index in [-0.39, 0.29) is 5.91 Å².